The topological polar surface area (TPSA) is 97.8 Å². The minimum Gasteiger partial charge on any atom is -0.482 e. The van der Waals surface area contributed by atoms with E-state index in [0.717, 1.165) is 0 Å². The molecule has 3 aromatic rings. The van der Waals surface area contributed by atoms with Crippen LogP contribution in [0.4, 0.5) is 10.1 Å². The summed E-state index contributed by atoms with van der Waals surface area (Å²) in [7, 11) is 0. The molecule has 0 radical (unpaired) electrons. The highest BCUT2D eigenvalue weighted by molar-refractivity contribution is 6.05. The highest BCUT2D eigenvalue weighted by atomic mass is 19.1. The molecule has 1 aliphatic rings. The number of hydrogen-bond acceptors (Lipinski definition) is 6. The molecular weight excluding hydrogens is 441 g/mol. The molecule has 1 N–H and O–H groups in total. The molecule has 0 bridgehead atoms. The number of nitrogens with one attached hydrogen (secondary N) is 1. The highest BCUT2D eigenvalue weighted by Crippen LogP contribution is 2.34. The minimum absolute atomic E-state index is 0.0350. The summed E-state index contributed by atoms with van der Waals surface area (Å²) in [5.41, 5.74) is 1.22. The third kappa shape index (κ3) is 5.03. The van der Waals surface area contributed by atoms with E-state index in [4.69, 9.17) is 9.47 Å². The largest absolute Gasteiger partial charge is 0.482 e. The number of rotatable bonds is 8. The lowest BCUT2D eigenvalue weighted by atomic mass is 10.1. The molecule has 1 aliphatic heterocycles. The van der Waals surface area contributed by atoms with E-state index in [9.17, 15) is 18.8 Å². The molecule has 34 heavy (non-hydrogen) atoms. The van der Waals surface area contributed by atoms with Gasteiger partial charge in [0.05, 0.1) is 17.9 Å². The Morgan fingerprint density at radius 3 is 2.74 bits per heavy atom. The third-order valence-corrected chi connectivity index (χ3v) is 5.29. The number of aromatic nitrogens is 1. The zero-order valence-corrected chi connectivity index (χ0v) is 18.4. The number of pyridine rings is 1. The number of para-hydroxylation sites is 1. The van der Waals surface area contributed by atoms with Gasteiger partial charge >= 0.3 is 0 Å². The lowest BCUT2D eigenvalue weighted by molar-refractivity contribution is -0.127. The first-order chi connectivity index (χ1) is 16.4. The molecule has 4 rings (SSSR count). The fourth-order valence-corrected chi connectivity index (χ4v) is 3.50. The van der Waals surface area contributed by atoms with Crippen molar-refractivity contribution >= 4 is 23.3 Å². The fraction of sp³-hybridized carbons (Fsp3) is 0.200. The van der Waals surface area contributed by atoms with Crippen LogP contribution in [0, 0.1) is 5.82 Å². The molecule has 2 heterocycles. The molecule has 0 spiro atoms. The van der Waals surface area contributed by atoms with Crippen LogP contribution < -0.4 is 19.7 Å². The molecule has 2 amide bonds. The van der Waals surface area contributed by atoms with E-state index in [1.165, 1.54) is 35.2 Å². The Bertz CT molecular complexity index is 1220. The Morgan fingerprint density at radius 1 is 1.18 bits per heavy atom. The van der Waals surface area contributed by atoms with Gasteiger partial charge in [0.25, 0.3) is 5.91 Å². The summed E-state index contributed by atoms with van der Waals surface area (Å²) in [6.45, 7) is 1.18. The van der Waals surface area contributed by atoms with Gasteiger partial charge in [-0.2, -0.15) is 0 Å². The monoisotopic (exact) mass is 463 g/mol. The minimum atomic E-state index is -0.862. The summed E-state index contributed by atoms with van der Waals surface area (Å²) in [6.07, 6.45) is 1.63. The van der Waals surface area contributed by atoms with Crippen LogP contribution >= 0.6 is 0 Å². The first kappa shape index (κ1) is 22.9. The van der Waals surface area contributed by atoms with Crippen LogP contribution in [0.5, 0.6) is 11.5 Å². The van der Waals surface area contributed by atoms with Crippen LogP contribution in [0.25, 0.3) is 0 Å². The fourth-order valence-electron chi connectivity index (χ4n) is 3.50. The Balaban J connectivity index is 1.49. The number of nitrogens with zero attached hydrogens (tertiary/aromatic N) is 2. The summed E-state index contributed by atoms with van der Waals surface area (Å²) in [4.78, 5) is 43.6. The standard InChI is InChI=1S/C25H22FN3O5/c1-16(25(32)28-13-18-6-4-5-11-27-18)29-20-12-17(9-10-23(20)34-15-24(29)31)21(30)14-33-22-8-3-2-7-19(22)26/h2-12,16H,13-15H2,1H3,(H,28,32). The second kappa shape index (κ2) is 10.1. The average molecular weight is 463 g/mol. The molecular formula is C25H22FN3O5. The molecule has 1 atom stereocenters. The zero-order valence-electron chi connectivity index (χ0n) is 18.4. The van der Waals surface area contributed by atoms with Gasteiger partial charge in [0.15, 0.2) is 30.6 Å². The van der Waals surface area contributed by atoms with Crippen LogP contribution in [-0.2, 0) is 16.1 Å². The van der Waals surface area contributed by atoms with E-state index >= 15 is 0 Å². The van der Waals surface area contributed by atoms with Crippen molar-refractivity contribution in [2.45, 2.75) is 19.5 Å². The first-order valence-electron chi connectivity index (χ1n) is 10.6. The zero-order chi connectivity index (χ0) is 24.1. The summed E-state index contributed by atoms with van der Waals surface area (Å²) < 4.78 is 24.5. The van der Waals surface area contributed by atoms with Gasteiger partial charge in [-0.1, -0.05) is 18.2 Å². The van der Waals surface area contributed by atoms with Crippen LogP contribution in [0.2, 0.25) is 0 Å². The summed E-state index contributed by atoms with van der Waals surface area (Å²) in [5, 5.41) is 2.77. The second-order valence-corrected chi connectivity index (χ2v) is 7.59. The number of carbonyl (C=O) groups is 3. The Labute approximate surface area is 195 Å². The van der Waals surface area contributed by atoms with Gasteiger partial charge in [0.1, 0.15) is 11.8 Å². The lowest BCUT2D eigenvalue weighted by Gasteiger charge is -2.33. The average Bonchev–Trinajstić information content (AvgIpc) is 2.86. The Kier molecular flexibility index (Phi) is 6.82. The molecule has 0 fully saturated rings. The third-order valence-electron chi connectivity index (χ3n) is 5.29. The van der Waals surface area contributed by atoms with E-state index in [1.807, 2.05) is 6.07 Å². The van der Waals surface area contributed by atoms with E-state index in [-0.39, 0.29) is 30.4 Å². The van der Waals surface area contributed by atoms with Crippen LogP contribution in [-0.4, -0.2) is 41.8 Å². The van der Waals surface area contributed by atoms with Gasteiger partial charge in [-0.15, -0.1) is 0 Å². The van der Waals surface area contributed by atoms with Crippen LogP contribution in [0.15, 0.2) is 66.9 Å². The van der Waals surface area contributed by atoms with Crippen LogP contribution in [0.3, 0.4) is 0 Å². The predicted octanol–water partition coefficient (Wildman–Crippen LogP) is 2.91. The number of ketones is 1. The summed E-state index contributed by atoms with van der Waals surface area (Å²) in [6, 6.07) is 14.9. The molecule has 1 unspecified atom stereocenters. The van der Waals surface area contributed by atoms with Crippen molar-refractivity contribution in [2.75, 3.05) is 18.1 Å². The van der Waals surface area contributed by atoms with E-state index in [2.05, 4.69) is 10.3 Å². The molecule has 1 aromatic heterocycles. The maximum Gasteiger partial charge on any atom is 0.265 e. The van der Waals surface area contributed by atoms with Crippen molar-refractivity contribution in [3.05, 3.63) is 83.9 Å². The second-order valence-electron chi connectivity index (χ2n) is 7.59. The highest BCUT2D eigenvalue weighted by Gasteiger charge is 2.33. The normalized spacial score (nSPS) is 13.5. The molecule has 0 saturated heterocycles. The van der Waals surface area contributed by atoms with Gasteiger partial charge in [-0.3, -0.25) is 24.3 Å². The molecule has 2 aromatic carbocycles. The Morgan fingerprint density at radius 2 is 1.97 bits per heavy atom. The molecule has 174 valence electrons. The number of carbonyl (C=O) groups excluding carboxylic acids is 3. The van der Waals surface area contributed by atoms with E-state index in [1.54, 1.807) is 37.4 Å². The van der Waals surface area contributed by atoms with E-state index in [0.29, 0.717) is 17.1 Å². The van der Waals surface area contributed by atoms with Crippen LogP contribution in [0.1, 0.15) is 23.0 Å². The van der Waals surface area contributed by atoms with Crippen molar-refractivity contribution in [1.29, 1.82) is 0 Å². The van der Waals surface area contributed by atoms with Crippen molar-refractivity contribution < 1.29 is 28.2 Å². The molecule has 8 nitrogen and oxygen atoms in total. The smallest absolute Gasteiger partial charge is 0.265 e. The van der Waals surface area contributed by atoms with Gasteiger partial charge in [0.2, 0.25) is 5.91 Å². The van der Waals surface area contributed by atoms with Crippen molar-refractivity contribution in [2.24, 2.45) is 0 Å². The number of fused-ring (bicyclic) bond motifs is 1. The molecule has 9 heteroatoms. The molecule has 0 saturated carbocycles. The first-order valence-corrected chi connectivity index (χ1v) is 10.6. The number of benzene rings is 2. The van der Waals surface area contributed by atoms with Gasteiger partial charge in [-0.25, -0.2) is 4.39 Å². The summed E-state index contributed by atoms with van der Waals surface area (Å²) in [5.74, 6) is -1.46. The van der Waals surface area contributed by atoms with Crippen molar-refractivity contribution in [3.8, 4) is 11.5 Å². The summed E-state index contributed by atoms with van der Waals surface area (Å²) >= 11 is 0. The predicted molar refractivity (Wildman–Crippen MR) is 121 cm³/mol. The van der Waals surface area contributed by atoms with Gasteiger partial charge in [-0.05, 0) is 49.4 Å². The number of hydrogen-bond donors (Lipinski definition) is 1. The maximum absolute atomic E-state index is 13.8. The number of amides is 2. The number of anilines is 1. The molecule has 0 aliphatic carbocycles. The van der Waals surface area contributed by atoms with Gasteiger partial charge in [0, 0.05) is 11.8 Å². The number of Topliss-reactive ketones (excluding diaryl/α,β-unsaturated/α-hetero) is 1. The lowest BCUT2D eigenvalue weighted by Crippen LogP contribution is -2.51. The quantitative estimate of drug-likeness (QED) is 0.516. The van der Waals surface area contributed by atoms with E-state index < -0.39 is 30.2 Å². The number of ether oxygens (including phenoxy) is 2. The number of halogens is 1. The Hall–Kier alpha value is -4.27. The van der Waals surface area contributed by atoms with Crippen molar-refractivity contribution in [1.82, 2.24) is 10.3 Å². The van der Waals surface area contributed by atoms with Gasteiger partial charge < -0.3 is 14.8 Å². The SMILES string of the molecule is CC(C(=O)NCc1ccccn1)N1C(=O)COc2ccc(C(=O)COc3ccccc3F)cc21. The van der Waals surface area contributed by atoms with Crippen molar-refractivity contribution in [3.63, 3.8) is 0 Å². The maximum atomic E-state index is 13.8.